The number of hydrogen-bond donors (Lipinski definition) is 2. The molecule has 4 aromatic rings. The van der Waals surface area contributed by atoms with E-state index in [9.17, 15) is 4.79 Å². The highest BCUT2D eigenvalue weighted by Gasteiger charge is 2.47. The highest BCUT2D eigenvalue weighted by molar-refractivity contribution is 7.10. The molecule has 3 aromatic heterocycles. The Kier molecular flexibility index (Phi) is 5.67. The zero-order valence-corrected chi connectivity index (χ0v) is 21.1. The number of nitrogens with two attached hydrogens (primary N) is 1. The van der Waals surface area contributed by atoms with Gasteiger partial charge >= 0.3 is 0 Å². The monoisotopic (exact) mass is 500 g/mol. The number of aryl methyl sites for hydroxylation is 1. The summed E-state index contributed by atoms with van der Waals surface area (Å²) in [5, 5.41) is 7.18. The molecule has 36 heavy (non-hydrogen) atoms. The van der Waals surface area contributed by atoms with Crippen LogP contribution in [0.25, 0.3) is 16.7 Å². The number of nitrogens with one attached hydrogen (secondary N) is 1. The van der Waals surface area contributed by atoms with Gasteiger partial charge in [-0.2, -0.15) is 5.10 Å². The van der Waals surface area contributed by atoms with Crippen LogP contribution in [0.4, 0.5) is 5.69 Å². The van der Waals surface area contributed by atoms with Gasteiger partial charge in [0.05, 0.1) is 35.3 Å². The van der Waals surface area contributed by atoms with Crippen molar-refractivity contribution < 1.29 is 4.74 Å². The van der Waals surface area contributed by atoms with Gasteiger partial charge < -0.3 is 20.4 Å². The molecular formula is C27H28N6O2S. The lowest BCUT2D eigenvalue weighted by Gasteiger charge is -2.43. The van der Waals surface area contributed by atoms with Crippen molar-refractivity contribution in [1.82, 2.24) is 19.7 Å². The van der Waals surface area contributed by atoms with Gasteiger partial charge in [0.15, 0.2) is 11.3 Å². The molecule has 2 saturated heterocycles. The molecule has 8 nitrogen and oxygen atoms in total. The first kappa shape index (κ1) is 23.0. The second kappa shape index (κ2) is 8.89. The summed E-state index contributed by atoms with van der Waals surface area (Å²) in [5.41, 5.74) is 10.4. The summed E-state index contributed by atoms with van der Waals surface area (Å²) in [4.78, 5) is 23.3. The minimum absolute atomic E-state index is 0.0383. The van der Waals surface area contributed by atoms with Crippen molar-refractivity contribution in [2.45, 2.75) is 38.8 Å². The summed E-state index contributed by atoms with van der Waals surface area (Å²) < 4.78 is 7.68. The van der Waals surface area contributed by atoms with Crippen LogP contribution in [0.15, 0.2) is 46.8 Å². The average molecular weight is 501 g/mol. The fourth-order valence-electron chi connectivity index (χ4n) is 5.56. The number of H-pyrrole nitrogens is 1. The van der Waals surface area contributed by atoms with Crippen molar-refractivity contribution in [2.75, 3.05) is 24.6 Å². The minimum atomic E-state index is -0.250. The number of rotatable bonds is 2. The molecule has 2 atom stereocenters. The summed E-state index contributed by atoms with van der Waals surface area (Å²) in [5.74, 6) is 6.23. The third-order valence-electron chi connectivity index (χ3n) is 7.66. The van der Waals surface area contributed by atoms with Gasteiger partial charge in [0, 0.05) is 24.5 Å². The standard InChI is InChI=1S/C27H28N6O2S/c1-17-5-3-7-21(23(17)32-12-10-27(11-13-32)15-35-18(2)24(27)28)33-25-22(26(34)30-16-29-25)20(31-33)9-8-19-6-4-14-36-19/h3-7,14,16,18,24H,10-13,15,28H2,1-2H3,(H,29,30,34)/t18-,24+/m0/s1. The van der Waals surface area contributed by atoms with Gasteiger partial charge in [0.25, 0.3) is 5.56 Å². The van der Waals surface area contributed by atoms with Gasteiger partial charge in [0.1, 0.15) is 5.39 Å². The van der Waals surface area contributed by atoms with Gasteiger partial charge in [-0.05, 0) is 61.6 Å². The van der Waals surface area contributed by atoms with Crippen LogP contribution in [0.3, 0.4) is 0 Å². The van der Waals surface area contributed by atoms with Gasteiger partial charge in [-0.15, -0.1) is 11.3 Å². The van der Waals surface area contributed by atoms with Gasteiger partial charge in [0.2, 0.25) is 0 Å². The maximum atomic E-state index is 12.8. The largest absolute Gasteiger partial charge is 0.376 e. The van der Waals surface area contributed by atoms with Crippen LogP contribution in [0.5, 0.6) is 0 Å². The highest BCUT2D eigenvalue weighted by Crippen LogP contribution is 2.43. The van der Waals surface area contributed by atoms with Gasteiger partial charge in [-0.25, -0.2) is 9.67 Å². The maximum absolute atomic E-state index is 12.8. The van der Waals surface area contributed by atoms with Crippen molar-refractivity contribution in [2.24, 2.45) is 11.1 Å². The quantitative estimate of drug-likeness (QED) is 0.410. The molecule has 2 aliphatic rings. The van der Waals surface area contributed by atoms with E-state index in [2.05, 4.69) is 46.6 Å². The molecular weight excluding hydrogens is 472 g/mol. The van der Waals surface area contributed by atoms with Crippen LogP contribution < -0.4 is 16.2 Å². The number of para-hydroxylation sites is 1. The van der Waals surface area contributed by atoms with Crippen LogP contribution in [0, 0.1) is 24.2 Å². The van der Waals surface area contributed by atoms with E-state index >= 15 is 0 Å². The van der Waals surface area contributed by atoms with E-state index in [1.165, 1.54) is 6.33 Å². The highest BCUT2D eigenvalue weighted by atomic mass is 32.1. The summed E-state index contributed by atoms with van der Waals surface area (Å²) >= 11 is 1.55. The fourth-order valence-corrected chi connectivity index (χ4v) is 6.13. The SMILES string of the molecule is Cc1cccc(-n2nc(C#Cc3cccs3)c3c(=O)[nH]cnc32)c1N1CCC2(CC1)CO[C@@H](C)[C@H]2N. The predicted molar refractivity (Wildman–Crippen MR) is 142 cm³/mol. The number of thiophene rings is 1. The predicted octanol–water partition coefficient (Wildman–Crippen LogP) is 3.21. The molecule has 5 heterocycles. The number of aromatic nitrogens is 4. The molecule has 9 heteroatoms. The Hall–Kier alpha value is -3.45. The Morgan fingerprint density at radius 1 is 1.22 bits per heavy atom. The lowest BCUT2D eigenvalue weighted by atomic mass is 9.73. The summed E-state index contributed by atoms with van der Waals surface area (Å²) in [6.45, 7) is 6.66. The van der Waals surface area contributed by atoms with Crippen molar-refractivity contribution in [3.8, 4) is 17.5 Å². The van der Waals surface area contributed by atoms with Crippen molar-refractivity contribution in [3.05, 3.63) is 68.5 Å². The van der Waals surface area contributed by atoms with Crippen molar-refractivity contribution >= 4 is 28.1 Å². The Labute approximate surface area is 213 Å². The second-order valence-electron chi connectivity index (χ2n) is 9.75. The molecule has 0 bridgehead atoms. The smallest absolute Gasteiger partial charge is 0.263 e. The van der Waals surface area contributed by atoms with Crippen LogP contribution in [-0.4, -0.2) is 51.6 Å². The molecule has 2 aliphatic heterocycles. The molecule has 0 amide bonds. The van der Waals surface area contributed by atoms with E-state index in [4.69, 9.17) is 15.6 Å². The molecule has 184 valence electrons. The first-order valence-corrected chi connectivity index (χ1v) is 13.1. The second-order valence-corrected chi connectivity index (χ2v) is 10.7. The first-order chi connectivity index (χ1) is 17.5. The Morgan fingerprint density at radius 3 is 2.78 bits per heavy atom. The van der Waals surface area contributed by atoms with E-state index in [1.807, 2.05) is 29.6 Å². The Bertz CT molecular complexity index is 1540. The number of hydrogen-bond acceptors (Lipinski definition) is 7. The molecule has 2 fully saturated rings. The van der Waals surface area contributed by atoms with Crippen LogP contribution >= 0.6 is 11.3 Å². The van der Waals surface area contributed by atoms with Crippen molar-refractivity contribution in [3.63, 3.8) is 0 Å². The summed E-state index contributed by atoms with van der Waals surface area (Å²) in [7, 11) is 0. The van der Waals surface area contributed by atoms with Gasteiger partial charge in [-0.1, -0.05) is 18.2 Å². The third kappa shape index (κ3) is 3.73. The van der Waals surface area contributed by atoms with E-state index in [0.29, 0.717) is 16.7 Å². The number of benzene rings is 1. The molecule has 0 radical (unpaired) electrons. The van der Waals surface area contributed by atoms with Crippen LogP contribution in [0.1, 0.15) is 35.9 Å². The Balaban J connectivity index is 1.42. The topological polar surface area (TPSA) is 102 Å². The van der Waals surface area contributed by atoms with Crippen molar-refractivity contribution in [1.29, 1.82) is 0 Å². The molecule has 1 aromatic carbocycles. The average Bonchev–Trinajstić information content (AvgIpc) is 3.60. The van der Waals surface area contributed by atoms with E-state index < -0.39 is 0 Å². The molecule has 1 spiro atoms. The number of ether oxygens (including phenoxy) is 1. The third-order valence-corrected chi connectivity index (χ3v) is 8.45. The summed E-state index contributed by atoms with van der Waals surface area (Å²) in [6.07, 6.45) is 3.46. The fraction of sp³-hybridized carbons (Fsp3) is 0.370. The normalized spacial score (nSPS) is 21.1. The van der Waals surface area contributed by atoms with E-state index in [-0.39, 0.29) is 23.1 Å². The number of aromatic amines is 1. The lowest BCUT2D eigenvalue weighted by Crippen LogP contribution is -2.50. The first-order valence-electron chi connectivity index (χ1n) is 12.2. The Morgan fingerprint density at radius 2 is 2.06 bits per heavy atom. The number of piperidine rings is 1. The zero-order chi connectivity index (χ0) is 24.9. The van der Waals surface area contributed by atoms with Crippen LogP contribution in [0.2, 0.25) is 0 Å². The molecule has 0 unspecified atom stereocenters. The number of fused-ring (bicyclic) bond motifs is 1. The maximum Gasteiger partial charge on any atom is 0.263 e. The zero-order valence-electron chi connectivity index (χ0n) is 20.3. The molecule has 0 saturated carbocycles. The molecule has 3 N–H and O–H groups in total. The minimum Gasteiger partial charge on any atom is -0.376 e. The lowest BCUT2D eigenvalue weighted by molar-refractivity contribution is 0.0974. The van der Waals surface area contributed by atoms with Gasteiger partial charge in [-0.3, -0.25) is 4.79 Å². The van der Waals surface area contributed by atoms with E-state index in [1.54, 1.807) is 16.0 Å². The number of nitrogens with zero attached hydrogens (tertiary/aromatic N) is 4. The van der Waals surface area contributed by atoms with E-state index in [0.717, 1.165) is 54.4 Å². The molecule has 6 rings (SSSR count). The van der Waals surface area contributed by atoms with Crippen LogP contribution in [-0.2, 0) is 4.74 Å². The summed E-state index contributed by atoms with van der Waals surface area (Å²) in [6, 6.07) is 10.1. The molecule has 0 aliphatic carbocycles. The number of anilines is 1.